The van der Waals surface area contributed by atoms with Gasteiger partial charge in [-0.25, -0.2) is 4.79 Å². The van der Waals surface area contributed by atoms with E-state index < -0.39 is 12.2 Å². The highest BCUT2D eigenvalue weighted by Crippen LogP contribution is 2.30. The maximum absolute atomic E-state index is 12.7. The number of hydrogen-bond donors (Lipinski definition) is 3. The molecular weight excluding hydrogens is 482 g/mol. The molecule has 2 heterocycles. The standard InChI is InChI=1S/C26H27N3O6S/c1-31-17-10-16(11-18(12-17)32-2)27-25(36)28-21-13-33-24-22(14-34-23(21)24)35-26(30)29-20-9-5-7-15-6-3-4-8-19(15)20/h3-12,21-24H,13-14H2,1-2H3,(H,29,30)(H2,27,28,36)/t21-,22+,23+,24+/m0/s1. The first-order valence-corrected chi connectivity index (χ1v) is 11.9. The van der Waals surface area contributed by atoms with Gasteiger partial charge < -0.3 is 34.3 Å². The Morgan fingerprint density at radius 2 is 1.64 bits per heavy atom. The summed E-state index contributed by atoms with van der Waals surface area (Å²) in [6, 6.07) is 18.8. The van der Waals surface area contributed by atoms with Gasteiger partial charge in [-0.3, -0.25) is 5.32 Å². The number of benzene rings is 3. The zero-order valence-corrected chi connectivity index (χ0v) is 20.7. The molecule has 188 valence electrons. The van der Waals surface area contributed by atoms with E-state index in [-0.39, 0.29) is 24.9 Å². The molecule has 0 radical (unpaired) electrons. The van der Waals surface area contributed by atoms with Gasteiger partial charge in [0, 0.05) is 29.3 Å². The van der Waals surface area contributed by atoms with Crippen LogP contribution >= 0.6 is 12.2 Å². The van der Waals surface area contributed by atoms with E-state index in [0.29, 0.717) is 28.9 Å². The van der Waals surface area contributed by atoms with E-state index in [0.717, 1.165) is 16.5 Å². The molecule has 0 bridgehead atoms. The minimum atomic E-state index is -0.551. The third-order valence-electron chi connectivity index (χ3n) is 6.22. The Morgan fingerprint density at radius 3 is 2.42 bits per heavy atom. The van der Waals surface area contributed by atoms with Crippen LogP contribution in [0.4, 0.5) is 16.2 Å². The summed E-state index contributed by atoms with van der Waals surface area (Å²) in [6.45, 7) is 0.604. The summed E-state index contributed by atoms with van der Waals surface area (Å²) < 4.78 is 28.1. The molecule has 2 saturated heterocycles. The number of anilines is 2. The number of methoxy groups -OCH3 is 2. The lowest BCUT2D eigenvalue weighted by Gasteiger charge is -2.20. The fraction of sp³-hybridized carbons (Fsp3) is 0.308. The molecule has 5 rings (SSSR count). The highest BCUT2D eigenvalue weighted by molar-refractivity contribution is 7.80. The Morgan fingerprint density at radius 1 is 0.917 bits per heavy atom. The molecule has 2 fully saturated rings. The third kappa shape index (κ3) is 5.15. The molecule has 36 heavy (non-hydrogen) atoms. The average molecular weight is 510 g/mol. The number of carbonyl (C=O) groups is 1. The van der Waals surface area contributed by atoms with Gasteiger partial charge in [-0.2, -0.15) is 0 Å². The van der Waals surface area contributed by atoms with Gasteiger partial charge in [-0.15, -0.1) is 0 Å². The maximum atomic E-state index is 12.7. The summed E-state index contributed by atoms with van der Waals surface area (Å²) >= 11 is 5.49. The molecular formula is C26H27N3O6S. The van der Waals surface area contributed by atoms with Crippen LogP contribution in [0.3, 0.4) is 0 Å². The minimum Gasteiger partial charge on any atom is -0.497 e. The lowest BCUT2D eigenvalue weighted by atomic mass is 10.1. The number of hydrogen-bond acceptors (Lipinski definition) is 7. The molecule has 10 heteroatoms. The highest BCUT2D eigenvalue weighted by atomic mass is 32.1. The maximum Gasteiger partial charge on any atom is 0.412 e. The molecule has 0 aromatic heterocycles. The van der Waals surface area contributed by atoms with Crippen LogP contribution in [0.15, 0.2) is 60.7 Å². The van der Waals surface area contributed by atoms with Gasteiger partial charge in [0.2, 0.25) is 0 Å². The molecule has 4 atom stereocenters. The van der Waals surface area contributed by atoms with Crippen LogP contribution in [0, 0.1) is 0 Å². The van der Waals surface area contributed by atoms with Crippen molar-refractivity contribution in [3.05, 3.63) is 60.7 Å². The Labute approximate surface area is 214 Å². The van der Waals surface area contributed by atoms with Crippen molar-refractivity contribution in [1.29, 1.82) is 0 Å². The van der Waals surface area contributed by atoms with E-state index in [1.807, 2.05) is 54.6 Å². The van der Waals surface area contributed by atoms with Crippen LogP contribution in [-0.2, 0) is 14.2 Å². The predicted octanol–water partition coefficient (Wildman–Crippen LogP) is 3.93. The summed E-state index contributed by atoms with van der Waals surface area (Å²) in [5.74, 6) is 1.29. The van der Waals surface area contributed by atoms with Gasteiger partial charge in [-0.05, 0) is 23.7 Å². The van der Waals surface area contributed by atoms with Crippen molar-refractivity contribution in [2.75, 3.05) is 38.1 Å². The van der Waals surface area contributed by atoms with Gasteiger partial charge in [0.05, 0.1) is 39.2 Å². The second-order valence-electron chi connectivity index (χ2n) is 8.50. The number of amides is 1. The number of nitrogens with one attached hydrogen (secondary N) is 3. The SMILES string of the molecule is COc1cc(NC(=S)N[C@H]2CO[C@H]3[C@@H]2OC[C@H]3OC(=O)Nc2cccc3ccccc23)cc(OC)c1. The summed E-state index contributed by atoms with van der Waals surface area (Å²) in [5, 5.41) is 11.6. The molecule has 9 nitrogen and oxygen atoms in total. The van der Waals surface area contributed by atoms with Crippen LogP contribution in [0.5, 0.6) is 11.5 Å². The summed E-state index contributed by atoms with van der Waals surface area (Å²) in [6.07, 6.45) is -1.77. The Bertz CT molecular complexity index is 1240. The molecule has 0 spiro atoms. The molecule has 3 aromatic rings. The van der Waals surface area contributed by atoms with Crippen molar-refractivity contribution in [3.63, 3.8) is 0 Å². The molecule has 3 aromatic carbocycles. The average Bonchev–Trinajstić information content (AvgIpc) is 3.47. The Hall–Kier alpha value is -3.60. The zero-order valence-electron chi connectivity index (χ0n) is 19.9. The number of fused-ring (bicyclic) bond motifs is 2. The van der Waals surface area contributed by atoms with Crippen molar-refractivity contribution in [3.8, 4) is 11.5 Å². The van der Waals surface area contributed by atoms with Crippen molar-refractivity contribution in [2.45, 2.75) is 24.4 Å². The van der Waals surface area contributed by atoms with Crippen molar-refractivity contribution >= 4 is 45.6 Å². The van der Waals surface area contributed by atoms with E-state index in [4.69, 9.17) is 35.9 Å². The molecule has 0 saturated carbocycles. The summed E-state index contributed by atoms with van der Waals surface area (Å²) in [7, 11) is 3.17. The highest BCUT2D eigenvalue weighted by Gasteiger charge is 2.49. The number of ether oxygens (including phenoxy) is 5. The lowest BCUT2D eigenvalue weighted by Crippen LogP contribution is -2.46. The van der Waals surface area contributed by atoms with Gasteiger partial charge in [-0.1, -0.05) is 36.4 Å². The zero-order chi connectivity index (χ0) is 25.1. The first-order valence-electron chi connectivity index (χ1n) is 11.5. The first kappa shape index (κ1) is 24.1. The van der Waals surface area contributed by atoms with E-state index in [1.165, 1.54) is 0 Å². The van der Waals surface area contributed by atoms with Crippen LogP contribution in [0.2, 0.25) is 0 Å². The fourth-order valence-electron chi connectivity index (χ4n) is 4.52. The van der Waals surface area contributed by atoms with Crippen molar-refractivity contribution in [1.82, 2.24) is 5.32 Å². The van der Waals surface area contributed by atoms with Crippen LogP contribution < -0.4 is 25.4 Å². The normalized spacial score (nSPS) is 22.5. The Balaban J connectivity index is 1.16. The second kappa shape index (κ2) is 10.6. The van der Waals surface area contributed by atoms with Crippen LogP contribution in [0.25, 0.3) is 10.8 Å². The summed E-state index contributed by atoms with van der Waals surface area (Å²) in [4.78, 5) is 12.7. The first-order chi connectivity index (χ1) is 17.5. The fourth-order valence-corrected chi connectivity index (χ4v) is 4.78. The Kier molecular flexibility index (Phi) is 7.08. The van der Waals surface area contributed by atoms with E-state index in [9.17, 15) is 4.79 Å². The van der Waals surface area contributed by atoms with Gasteiger partial charge >= 0.3 is 6.09 Å². The molecule has 2 aliphatic rings. The molecule has 0 unspecified atom stereocenters. The minimum absolute atomic E-state index is 0.197. The van der Waals surface area contributed by atoms with E-state index in [1.54, 1.807) is 20.3 Å². The van der Waals surface area contributed by atoms with Crippen LogP contribution in [0.1, 0.15) is 0 Å². The molecule has 0 aliphatic carbocycles. The predicted molar refractivity (Wildman–Crippen MR) is 140 cm³/mol. The number of rotatable bonds is 6. The van der Waals surface area contributed by atoms with Crippen molar-refractivity contribution < 1.29 is 28.5 Å². The van der Waals surface area contributed by atoms with Crippen molar-refractivity contribution in [2.24, 2.45) is 0 Å². The number of thiocarbonyl (C=S) groups is 1. The van der Waals surface area contributed by atoms with E-state index >= 15 is 0 Å². The molecule has 2 aliphatic heterocycles. The van der Waals surface area contributed by atoms with Gasteiger partial charge in [0.15, 0.2) is 11.2 Å². The molecule has 3 N–H and O–H groups in total. The molecule has 1 amide bonds. The topological polar surface area (TPSA) is 99.3 Å². The van der Waals surface area contributed by atoms with Crippen LogP contribution in [-0.4, -0.2) is 63.0 Å². The quantitative estimate of drug-likeness (QED) is 0.427. The van der Waals surface area contributed by atoms with Gasteiger partial charge in [0.1, 0.15) is 23.7 Å². The smallest absolute Gasteiger partial charge is 0.412 e. The largest absolute Gasteiger partial charge is 0.497 e. The number of carbonyl (C=O) groups excluding carboxylic acids is 1. The van der Waals surface area contributed by atoms with E-state index in [2.05, 4.69) is 16.0 Å². The summed E-state index contributed by atoms with van der Waals surface area (Å²) in [5.41, 5.74) is 1.41. The second-order valence-corrected chi connectivity index (χ2v) is 8.91. The van der Waals surface area contributed by atoms with Gasteiger partial charge in [0.25, 0.3) is 0 Å². The lowest BCUT2D eigenvalue weighted by molar-refractivity contribution is 0.00881. The third-order valence-corrected chi connectivity index (χ3v) is 6.44. The monoisotopic (exact) mass is 509 g/mol.